The highest BCUT2D eigenvalue weighted by Crippen LogP contribution is 2.19. The van der Waals surface area contributed by atoms with E-state index in [4.69, 9.17) is 0 Å². The minimum atomic E-state index is 0.0882. The molecule has 19 heavy (non-hydrogen) atoms. The van der Waals surface area contributed by atoms with Gasteiger partial charge in [-0.05, 0) is 38.6 Å². The Morgan fingerprint density at radius 1 is 1.47 bits per heavy atom. The Kier molecular flexibility index (Phi) is 4.43. The zero-order valence-electron chi connectivity index (χ0n) is 12.0. The molecular weight excluding hydrogens is 238 g/mol. The molecule has 0 saturated carbocycles. The van der Waals surface area contributed by atoms with Crippen LogP contribution in [0.5, 0.6) is 0 Å². The first kappa shape index (κ1) is 13.9. The maximum absolute atomic E-state index is 12.5. The highest BCUT2D eigenvalue weighted by atomic mass is 16.2. The minimum absolute atomic E-state index is 0.0882. The summed E-state index contributed by atoms with van der Waals surface area (Å²) in [6.07, 6.45) is 2.41. The Bertz CT molecular complexity index is 447. The second-order valence-electron chi connectivity index (χ2n) is 5.26. The van der Waals surface area contributed by atoms with E-state index in [1.807, 2.05) is 43.3 Å². The number of rotatable bonds is 4. The van der Waals surface area contributed by atoms with Crippen molar-refractivity contribution in [3.63, 3.8) is 0 Å². The molecule has 0 aromatic heterocycles. The summed E-state index contributed by atoms with van der Waals surface area (Å²) in [5.41, 5.74) is 1.63. The van der Waals surface area contributed by atoms with Gasteiger partial charge in [0.05, 0.1) is 5.56 Å². The molecule has 1 fully saturated rings. The van der Waals surface area contributed by atoms with E-state index in [0.29, 0.717) is 6.04 Å². The molecule has 0 aliphatic carbocycles. The van der Waals surface area contributed by atoms with Gasteiger partial charge < -0.3 is 15.1 Å². The number of carbonyl (C=O) groups excluding carboxylic acids is 1. The van der Waals surface area contributed by atoms with Crippen molar-refractivity contribution in [3.8, 4) is 0 Å². The zero-order chi connectivity index (χ0) is 13.8. The molecule has 1 N–H and O–H groups in total. The van der Waals surface area contributed by atoms with E-state index in [1.54, 1.807) is 0 Å². The summed E-state index contributed by atoms with van der Waals surface area (Å²) < 4.78 is 0. The average molecular weight is 261 g/mol. The number of likely N-dealkylation sites (tertiary alicyclic amines) is 1. The van der Waals surface area contributed by atoms with Gasteiger partial charge in [0.25, 0.3) is 5.91 Å². The molecule has 1 atom stereocenters. The number of hydrogen-bond donors (Lipinski definition) is 1. The largest absolute Gasteiger partial charge is 0.387 e. The van der Waals surface area contributed by atoms with Crippen molar-refractivity contribution in [1.29, 1.82) is 0 Å². The van der Waals surface area contributed by atoms with Crippen molar-refractivity contribution >= 4 is 11.6 Å². The predicted octanol–water partition coefficient (Wildman–Crippen LogP) is 1.89. The second-order valence-corrected chi connectivity index (χ2v) is 5.26. The highest BCUT2D eigenvalue weighted by molar-refractivity contribution is 5.99. The van der Waals surface area contributed by atoms with E-state index >= 15 is 0 Å². The minimum Gasteiger partial charge on any atom is -0.387 e. The molecule has 1 aliphatic heterocycles. The standard InChI is InChI=1S/C15H23N3O/c1-16-14-9-5-4-8-13(14)15(19)18(3)11-12-7-6-10-17(12)2/h4-5,8-9,12,16H,6-7,10-11H2,1-3H3. The fourth-order valence-electron chi connectivity index (χ4n) is 2.70. The summed E-state index contributed by atoms with van der Waals surface area (Å²) in [7, 11) is 5.87. The fourth-order valence-corrected chi connectivity index (χ4v) is 2.70. The van der Waals surface area contributed by atoms with Crippen LogP contribution in [0.15, 0.2) is 24.3 Å². The maximum atomic E-state index is 12.5. The summed E-state index contributed by atoms with van der Waals surface area (Å²) in [5.74, 6) is 0.0882. The normalized spacial score (nSPS) is 19.4. The lowest BCUT2D eigenvalue weighted by atomic mass is 10.1. The van der Waals surface area contributed by atoms with E-state index < -0.39 is 0 Å². The van der Waals surface area contributed by atoms with E-state index in [1.165, 1.54) is 12.8 Å². The van der Waals surface area contributed by atoms with E-state index in [0.717, 1.165) is 24.3 Å². The molecule has 2 rings (SSSR count). The maximum Gasteiger partial charge on any atom is 0.255 e. The lowest BCUT2D eigenvalue weighted by molar-refractivity contribution is 0.0762. The topological polar surface area (TPSA) is 35.6 Å². The third-order valence-corrected chi connectivity index (χ3v) is 3.93. The van der Waals surface area contributed by atoms with Crippen LogP contribution in [-0.4, -0.2) is 56.0 Å². The number of para-hydroxylation sites is 1. The van der Waals surface area contributed by atoms with Crippen LogP contribution in [0.25, 0.3) is 0 Å². The highest BCUT2D eigenvalue weighted by Gasteiger charge is 2.24. The third kappa shape index (κ3) is 3.07. The van der Waals surface area contributed by atoms with Gasteiger partial charge in [0.2, 0.25) is 0 Å². The number of benzene rings is 1. The molecule has 1 amide bonds. The number of amides is 1. The summed E-state index contributed by atoms with van der Waals surface area (Å²) in [6, 6.07) is 8.15. The van der Waals surface area contributed by atoms with Crippen molar-refractivity contribution in [3.05, 3.63) is 29.8 Å². The van der Waals surface area contributed by atoms with Crippen LogP contribution in [0.3, 0.4) is 0 Å². The smallest absolute Gasteiger partial charge is 0.255 e. The molecular formula is C15H23N3O. The molecule has 4 heteroatoms. The van der Waals surface area contributed by atoms with Gasteiger partial charge in [-0.3, -0.25) is 4.79 Å². The van der Waals surface area contributed by atoms with E-state index in [9.17, 15) is 4.79 Å². The summed E-state index contributed by atoms with van der Waals surface area (Å²) in [6.45, 7) is 1.94. The monoisotopic (exact) mass is 261 g/mol. The fraction of sp³-hybridized carbons (Fsp3) is 0.533. The summed E-state index contributed by atoms with van der Waals surface area (Å²) in [5, 5.41) is 3.08. The molecule has 104 valence electrons. The Hall–Kier alpha value is -1.55. The molecule has 1 saturated heterocycles. The van der Waals surface area contributed by atoms with Crippen LogP contribution in [0.1, 0.15) is 23.2 Å². The molecule has 1 aliphatic rings. The molecule has 1 unspecified atom stereocenters. The molecule has 1 aromatic rings. The van der Waals surface area contributed by atoms with Crippen molar-refractivity contribution < 1.29 is 4.79 Å². The lowest BCUT2D eigenvalue weighted by Crippen LogP contribution is -2.39. The predicted molar refractivity (Wildman–Crippen MR) is 78.6 cm³/mol. The summed E-state index contributed by atoms with van der Waals surface area (Å²) >= 11 is 0. The Morgan fingerprint density at radius 2 is 2.21 bits per heavy atom. The first-order valence-electron chi connectivity index (χ1n) is 6.86. The van der Waals surface area contributed by atoms with E-state index in [-0.39, 0.29) is 5.91 Å². The van der Waals surface area contributed by atoms with Gasteiger partial charge in [-0.1, -0.05) is 12.1 Å². The zero-order valence-corrected chi connectivity index (χ0v) is 12.0. The molecule has 4 nitrogen and oxygen atoms in total. The molecule has 0 spiro atoms. The van der Waals surface area contributed by atoms with E-state index in [2.05, 4.69) is 17.3 Å². The van der Waals surface area contributed by atoms with Crippen LogP contribution in [0.2, 0.25) is 0 Å². The van der Waals surface area contributed by atoms with Crippen LogP contribution in [0.4, 0.5) is 5.69 Å². The quantitative estimate of drug-likeness (QED) is 0.899. The SMILES string of the molecule is CNc1ccccc1C(=O)N(C)CC1CCCN1C. The Balaban J connectivity index is 2.06. The van der Waals surface area contributed by atoms with Crippen molar-refractivity contribution in [1.82, 2.24) is 9.80 Å². The number of nitrogens with one attached hydrogen (secondary N) is 1. The van der Waals surface area contributed by atoms with Gasteiger partial charge in [-0.2, -0.15) is 0 Å². The van der Waals surface area contributed by atoms with Crippen molar-refractivity contribution in [2.75, 3.05) is 39.5 Å². The third-order valence-electron chi connectivity index (χ3n) is 3.93. The van der Waals surface area contributed by atoms with Crippen molar-refractivity contribution in [2.24, 2.45) is 0 Å². The lowest BCUT2D eigenvalue weighted by Gasteiger charge is -2.26. The molecule has 0 radical (unpaired) electrons. The number of hydrogen-bond acceptors (Lipinski definition) is 3. The van der Waals surface area contributed by atoms with Crippen LogP contribution in [-0.2, 0) is 0 Å². The van der Waals surface area contributed by atoms with Gasteiger partial charge in [-0.15, -0.1) is 0 Å². The first-order chi connectivity index (χ1) is 9.13. The Morgan fingerprint density at radius 3 is 2.84 bits per heavy atom. The van der Waals surface area contributed by atoms with Gasteiger partial charge in [0.15, 0.2) is 0 Å². The molecule has 1 heterocycles. The van der Waals surface area contributed by atoms with Gasteiger partial charge in [0.1, 0.15) is 0 Å². The van der Waals surface area contributed by atoms with Crippen LogP contribution >= 0.6 is 0 Å². The van der Waals surface area contributed by atoms with Gasteiger partial charge in [-0.25, -0.2) is 0 Å². The second kappa shape index (κ2) is 6.06. The number of likely N-dealkylation sites (N-methyl/N-ethyl adjacent to an activating group) is 2. The van der Waals surface area contributed by atoms with Crippen molar-refractivity contribution in [2.45, 2.75) is 18.9 Å². The molecule has 1 aromatic carbocycles. The molecule has 0 bridgehead atoms. The first-order valence-corrected chi connectivity index (χ1v) is 6.86. The Labute approximate surface area is 115 Å². The number of carbonyl (C=O) groups is 1. The summed E-state index contributed by atoms with van der Waals surface area (Å²) in [4.78, 5) is 16.7. The van der Waals surface area contributed by atoms with Gasteiger partial charge in [0, 0.05) is 32.4 Å². The van der Waals surface area contributed by atoms with Crippen LogP contribution in [0, 0.1) is 0 Å². The van der Waals surface area contributed by atoms with Crippen LogP contribution < -0.4 is 5.32 Å². The number of anilines is 1. The number of nitrogens with zero attached hydrogens (tertiary/aromatic N) is 2. The van der Waals surface area contributed by atoms with Gasteiger partial charge >= 0.3 is 0 Å². The average Bonchev–Trinajstić information content (AvgIpc) is 2.83.